The smallest absolute Gasteiger partial charge is 0.306 e. The minimum Gasteiger partial charge on any atom is -0.462 e. The Balaban J connectivity index is 4.58. The van der Waals surface area contributed by atoms with Crippen LogP contribution in [0.2, 0.25) is 0 Å². The van der Waals surface area contributed by atoms with E-state index in [1.165, 1.54) is 32.1 Å². The van der Waals surface area contributed by atoms with Crippen molar-refractivity contribution in [3.63, 3.8) is 0 Å². The van der Waals surface area contributed by atoms with Crippen molar-refractivity contribution in [1.29, 1.82) is 0 Å². The molecule has 0 rings (SSSR count). The van der Waals surface area contributed by atoms with Crippen LogP contribution < -0.4 is 0 Å². The average molecular weight is 1070 g/mol. The van der Waals surface area contributed by atoms with Gasteiger partial charge in [-0.2, -0.15) is 0 Å². The summed E-state index contributed by atoms with van der Waals surface area (Å²) in [5.74, 6) is -1.01. The molecule has 0 amide bonds. The summed E-state index contributed by atoms with van der Waals surface area (Å²) in [6.45, 7) is 6.31. The van der Waals surface area contributed by atoms with Crippen molar-refractivity contribution in [3.05, 3.63) is 170 Å². The molecule has 0 N–H and O–H groups in total. The van der Waals surface area contributed by atoms with Crippen LogP contribution in [0.15, 0.2) is 170 Å². The average Bonchev–Trinajstić information content (AvgIpc) is 3.44. The number of hydrogen-bond donors (Lipinski definition) is 0. The Hall–Kier alpha value is -5.23. The molecule has 0 aromatic heterocycles. The fraction of sp³-hybridized carbons (Fsp3) is 0.569. The lowest BCUT2D eigenvalue weighted by atomic mass is 10.1. The van der Waals surface area contributed by atoms with Crippen LogP contribution in [-0.2, 0) is 28.6 Å². The van der Waals surface area contributed by atoms with Crippen LogP contribution in [0.25, 0.3) is 0 Å². The van der Waals surface area contributed by atoms with Crippen molar-refractivity contribution >= 4 is 17.9 Å². The maximum absolute atomic E-state index is 12.9. The number of ether oxygens (including phenoxy) is 3. The highest BCUT2D eigenvalue weighted by atomic mass is 16.6. The van der Waals surface area contributed by atoms with Crippen LogP contribution >= 0.6 is 0 Å². The van der Waals surface area contributed by atoms with Gasteiger partial charge in [0.15, 0.2) is 6.10 Å². The Labute approximate surface area is 479 Å². The second-order valence-corrected chi connectivity index (χ2v) is 19.8. The van der Waals surface area contributed by atoms with Gasteiger partial charge in [-0.3, -0.25) is 14.4 Å². The van der Waals surface area contributed by atoms with E-state index in [2.05, 4.69) is 191 Å². The number of rotatable bonds is 54. The van der Waals surface area contributed by atoms with Crippen molar-refractivity contribution in [3.8, 4) is 0 Å². The van der Waals surface area contributed by atoms with E-state index in [9.17, 15) is 14.4 Å². The molecule has 1 unspecified atom stereocenters. The molecule has 0 saturated heterocycles. The number of carbonyl (C=O) groups is 3. The SMILES string of the molecule is CC/C=C\C/C=C\C/C=C\C/C=C\C/C=C\C/C=C\CCCCCCC(=O)OCC(COC(=O)CCCCCCC/C=C\C/C=C\CCCCCC)OC(=O)CCCC/C=C\C/C=C\C/C=C\C/C=C\C/C=C\C/C=C\CC. The molecule has 436 valence electrons. The van der Waals surface area contributed by atoms with Crippen molar-refractivity contribution in [2.24, 2.45) is 0 Å². The summed E-state index contributed by atoms with van der Waals surface area (Å²) in [7, 11) is 0. The molecule has 0 bridgehead atoms. The number of unbranched alkanes of at least 4 members (excludes halogenated alkanes) is 15. The van der Waals surface area contributed by atoms with E-state index in [1.54, 1.807) is 0 Å². The Morgan fingerprint density at radius 1 is 0.269 bits per heavy atom. The molecule has 0 aromatic carbocycles. The maximum Gasteiger partial charge on any atom is 0.306 e. The van der Waals surface area contributed by atoms with Gasteiger partial charge in [0.2, 0.25) is 0 Å². The third-order valence-electron chi connectivity index (χ3n) is 12.4. The zero-order valence-electron chi connectivity index (χ0n) is 49.9. The Kier molecular flexibility index (Phi) is 60.0. The van der Waals surface area contributed by atoms with E-state index < -0.39 is 6.10 Å². The monoisotopic (exact) mass is 1070 g/mol. The highest BCUT2D eigenvalue weighted by Crippen LogP contribution is 2.12. The summed E-state index contributed by atoms with van der Waals surface area (Å²) < 4.78 is 16.8. The quantitative estimate of drug-likeness (QED) is 0.0261. The first-order chi connectivity index (χ1) is 38.5. The van der Waals surface area contributed by atoms with E-state index in [4.69, 9.17) is 14.2 Å². The maximum atomic E-state index is 12.9. The fourth-order valence-corrected chi connectivity index (χ4v) is 7.83. The third kappa shape index (κ3) is 61.6. The van der Waals surface area contributed by atoms with Gasteiger partial charge in [0.05, 0.1) is 0 Å². The third-order valence-corrected chi connectivity index (χ3v) is 12.4. The molecular weight excluding hydrogens is 961 g/mol. The lowest BCUT2D eigenvalue weighted by molar-refractivity contribution is -0.167. The predicted octanol–water partition coefficient (Wildman–Crippen LogP) is 21.5. The zero-order chi connectivity index (χ0) is 56.4. The summed E-state index contributed by atoms with van der Waals surface area (Å²) in [6.07, 6.45) is 94.9. The van der Waals surface area contributed by atoms with Gasteiger partial charge < -0.3 is 14.2 Å². The summed E-state index contributed by atoms with van der Waals surface area (Å²) in [5, 5.41) is 0. The van der Waals surface area contributed by atoms with Crippen LogP contribution in [0.5, 0.6) is 0 Å². The molecule has 78 heavy (non-hydrogen) atoms. The molecule has 0 aliphatic heterocycles. The van der Waals surface area contributed by atoms with Gasteiger partial charge >= 0.3 is 17.9 Å². The van der Waals surface area contributed by atoms with Crippen molar-refractivity contribution in [1.82, 2.24) is 0 Å². The lowest BCUT2D eigenvalue weighted by Crippen LogP contribution is -2.30. The van der Waals surface area contributed by atoms with Gasteiger partial charge in [0.1, 0.15) is 13.2 Å². The zero-order valence-corrected chi connectivity index (χ0v) is 49.9. The van der Waals surface area contributed by atoms with E-state index in [1.807, 2.05) is 0 Å². The first-order valence-electron chi connectivity index (χ1n) is 31.1. The van der Waals surface area contributed by atoms with Crippen LogP contribution in [-0.4, -0.2) is 37.2 Å². The van der Waals surface area contributed by atoms with E-state index in [0.29, 0.717) is 19.3 Å². The minimum atomic E-state index is -0.829. The molecule has 0 heterocycles. The number of allylic oxidation sites excluding steroid dienone is 28. The normalized spacial score (nSPS) is 13.3. The molecule has 6 nitrogen and oxygen atoms in total. The van der Waals surface area contributed by atoms with Crippen molar-refractivity contribution in [2.45, 2.75) is 252 Å². The Bertz CT molecular complexity index is 1810. The molecule has 0 fully saturated rings. The van der Waals surface area contributed by atoms with Crippen LogP contribution in [0.3, 0.4) is 0 Å². The summed E-state index contributed by atoms with van der Waals surface area (Å²) in [6, 6.07) is 0. The van der Waals surface area contributed by atoms with Crippen LogP contribution in [0.4, 0.5) is 0 Å². The Morgan fingerprint density at radius 3 is 0.808 bits per heavy atom. The molecule has 6 heteroatoms. The van der Waals surface area contributed by atoms with Gasteiger partial charge in [0.25, 0.3) is 0 Å². The summed E-state index contributed by atoms with van der Waals surface area (Å²) in [5.41, 5.74) is 0. The van der Waals surface area contributed by atoms with E-state index in [-0.39, 0.29) is 37.5 Å². The van der Waals surface area contributed by atoms with Crippen LogP contribution in [0, 0.1) is 0 Å². The van der Waals surface area contributed by atoms with Gasteiger partial charge in [-0.25, -0.2) is 0 Å². The lowest BCUT2D eigenvalue weighted by Gasteiger charge is -2.18. The molecule has 0 saturated carbocycles. The number of esters is 3. The van der Waals surface area contributed by atoms with Gasteiger partial charge in [-0.15, -0.1) is 0 Å². The molecule has 1 atom stereocenters. The van der Waals surface area contributed by atoms with Crippen molar-refractivity contribution < 1.29 is 28.6 Å². The number of hydrogen-bond acceptors (Lipinski definition) is 6. The van der Waals surface area contributed by atoms with E-state index in [0.717, 1.165) is 167 Å². The fourth-order valence-electron chi connectivity index (χ4n) is 7.83. The van der Waals surface area contributed by atoms with Gasteiger partial charge in [-0.1, -0.05) is 242 Å². The van der Waals surface area contributed by atoms with Crippen molar-refractivity contribution in [2.75, 3.05) is 13.2 Å². The summed E-state index contributed by atoms with van der Waals surface area (Å²) in [4.78, 5) is 38.3. The second kappa shape index (κ2) is 64.3. The molecule has 0 aliphatic carbocycles. The van der Waals surface area contributed by atoms with Gasteiger partial charge in [-0.05, 0) is 154 Å². The predicted molar refractivity (Wildman–Crippen MR) is 338 cm³/mol. The standard InChI is InChI=1S/C72H112O6/c1-4-7-10-13-16-19-22-25-28-31-33-35-36-38-39-41-44-47-50-53-56-59-62-65-71(74)77-68-69(67-76-70(73)64-61-58-55-52-49-46-43-30-27-24-21-18-15-12-9-6-3)78-72(75)66-63-60-57-54-51-48-45-42-40-37-34-32-29-26-23-20-17-14-11-8-5-2/h7-8,10-11,16-17,19-21,24-26,28-30,33-35,37-39,42-45,47,51,54,69H,4-6,9,12-15,18,22-23,27,31-32,36,40-41,46,48-50,52-53,55-68H2,1-3H3/b10-7-,11-8-,19-16-,20-17-,24-21-,28-25-,29-26-,35-33-,37-34-,39-38-,43-30-,45-42-,47-44-,54-51-. The second-order valence-electron chi connectivity index (χ2n) is 19.8. The summed E-state index contributed by atoms with van der Waals surface area (Å²) >= 11 is 0. The number of carbonyl (C=O) groups excluding carboxylic acids is 3. The highest BCUT2D eigenvalue weighted by molar-refractivity contribution is 5.71. The first-order valence-corrected chi connectivity index (χ1v) is 31.1. The van der Waals surface area contributed by atoms with Gasteiger partial charge in [0, 0.05) is 19.3 Å². The molecular formula is C72H112O6. The molecule has 0 radical (unpaired) electrons. The highest BCUT2D eigenvalue weighted by Gasteiger charge is 2.19. The molecule has 0 spiro atoms. The topological polar surface area (TPSA) is 78.9 Å². The first kappa shape index (κ1) is 72.8. The molecule has 0 aliphatic rings. The van der Waals surface area contributed by atoms with E-state index >= 15 is 0 Å². The minimum absolute atomic E-state index is 0.120. The largest absolute Gasteiger partial charge is 0.462 e. The molecule has 0 aromatic rings. The van der Waals surface area contributed by atoms with Crippen LogP contribution in [0.1, 0.15) is 245 Å². The Morgan fingerprint density at radius 2 is 0.500 bits per heavy atom.